The molecule has 1 fully saturated rings. The summed E-state index contributed by atoms with van der Waals surface area (Å²) >= 11 is 0. The van der Waals surface area contributed by atoms with Gasteiger partial charge in [-0.2, -0.15) is 0 Å². The van der Waals surface area contributed by atoms with Crippen molar-refractivity contribution in [3.63, 3.8) is 0 Å². The van der Waals surface area contributed by atoms with Gasteiger partial charge in [0.15, 0.2) is 0 Å². The fraction of sp³-hybridized carbons (Fsp3) is 1.00. The number of rotatable bonds is 2. The molecule has 0 radical (unpaired) electrons. The van der Waals surface area contributed by atoms with Gasteiger partial charge in [-0.3, -0.25) is 0 Å². The Balaban J connectivity index is 2.51. The van der Waals surface area contributed by atoms with Crippen LogP contribution in [-0.2, 0) is 0 Å². The zero-order chi connectivity index (χ0) is 11.0. The molecule has 2 heteroatoms. The van der Waals surface area contributed by atoms with Crippen LogP contribution in [0.2, 0.25) is 0 Å². The van der Waals surface area contributed by atoms with Crippen molar-refractivity contribution in [2.45, 2.75) is 52.6 Å². The van der Waals surface area contributed by atoms with E-state index in [1.165, 1.54) is 19.5 Å². The maximum Gasteiger partial charge on any atom is 0.0212 e. The minimum Gasteiger partial charge on any atom is -0.307 e. The summed E-state index contributed by atoms with van der Waals surface area (Å²) in [6.45, 7) is 14.0. The van der Waals surface area contributed by atoms with Gasteiger partial charge in [0.2, 0.25) is 0 Å². The zero-order valence-corrected chi connectivity index (χ0v) is 10.6. The van der Waals surface area contributed by atoms with Crippen molar-refractivity contribution in [3.05, 3.63) is 0 Å². The lowest BCUT2D eigenvalue weighted by Crippen LogP contribution is -2.54. The molecule has 1 atom stereocenters. The molecule has 14 heavy (non-hydrogen) atoms. The van der Waals surface area contributed by atoms with Crippen LogP contribution in [0.25, 0.3) is 0 Å². The molecule has 0 aromatic rings. The molecule has 0 aromatic heterocycles. The normalized spacial score (nSPS) is 25.7. The van der Waals surface area contributed by atoms with Gasteiger partial charge in [0, 0.05) is 18.1 Å². The summed E-state index contributed by atoms with van der Waals surface area (Å²) in [6, 6.07) is 0.675. The second kappa shape index (κ2) is 3.82. The van der Waals surface area contributed by atoms with Crippen molar-refractivity contribution < 1.29 is 0 Å². The second-order valence-electron chi connectivity index (χ2n) is 6.27. The van der Waals surface area contributed by atoms with Crippen LogP contribution in [0.4, 0.5) is 0 Å². The predicted molar refractivity (Wildman–Crippen MR) is 62.6 cm³/mol. The van der Waals surface area contributed by atoms with Crippen LogP contribution < -0.4 is 5.32 Å². The monoisotopic (exact) mass is 198 g/mol. The number of hydrogen-bond donors (Lipinski definition) is 1. The SMILES string of the molecule is CN1CC[C@H](NC(C)(C)C(C)(C)C)C1. The van der Waals surface area contributed by atoms with Crippen LogP contribution in [0.1, 0.15) is 41.0 Å². The van der Waals surface area contributed by atoms with E-state index in [2.05, 4.69) is 51.9 Å². The van der Waals surface area contributed by atoms with E-state index < -0.39 is 0 Å². The third kappa shape index (κ3) is 2.71. The van der Waals surface area contributed by atoms with E-state index in [1.54, 1.807) is 0 Å². The van der Waals surface area contributed by atoms with Gasteiger partial charge in [0.05, 0.1) is 0 Å². The fourth-order valence-corrected chi connectivity index (χ4v) is 1.78. The summed E-state index contributed by atoms with van der Waals surface area (Å²) in [5.41, 5.74) is 0.525. The molecule has 1 rings (SSSR count). The molecule has 2 nitrogen and oxygen atoms in total. The number of hydrogen-bond acceptors (Lipinski definition) is 2. The Bertz CT molecular complexity index is 191. The van der Waals surface area contributed by atoms with Crippen LogP contribution in [-0.4, -0.2) is 36.6 Å². The molecule has 1 aliphatic rings. The molecule has 0 unspecified atom stereocenters. The Kier molecular flexibility index (Phi) is 3.27. The largest absolute Gasteiger partial charge is 0.307 e. The molecule has 0 amide bonds. The average Bonchev–Trinajstić information content (AvgIpc) is 2.31. The van der Waals surface area contributed by atoms with Crippen LogP contribution in [0.5, 0.6) is 0 Å². The summed E-state index contributed by atoms with van der Waals surface area (Å²) in [5, 5.41) is 3.78. The molecular weight excluding hydrogens is 172 g/mol. The third-order valence-corrected chi connectivity index (χ3v) is 3.83. The Morgan fingerprint density at radius 2 is 1.71 bits per heavy atom. The molecule has 1 heterocycles. The molecule has 1 aliphatic heterocycles. The van der Waals surface area contributed by atoms with Gasteiger partial charge in [0.1, 0.15) is 0 Å². The summed E-state index contributed by atoms with van der Waals surface area (Å²) in [5.74, 6) is 0. The second-order valence-corrected chi connectivity index (χ2v) is 6.27. The van der Waals surface area contributed by atoms with Crippen molar-refractivity contribution in [1.82, 2.24) is 10.2 Å². The van der Waals surface area contributed by atoms with Crippen LogP contribution >= 0.6 is 0 Å². The maximum absolute atomic E-state index is 3.78. The highest BCUT2D eigenvalue weighted by Gasteiger charge is 2.35. The first-order valence-corrected chi connectivity index (χ1v) is 5.68. The lowest BCUT2D eigenvalue weighted by Gasteiger charge is -2.42. The molecule has 0 bridgehead atoms. The lowest BCUT2D eigenvalue weighted by molar-refractivity contribution is 0.158. The van der Waals surface area contributed by atoms with Crippen LogP contribution in [0.15, 0.2) is 0 Å². The molecular formula is C12H26N2. The molecule has 0 saturated carbocycles. The summed E-state index contributed by atoms with van der Waals surface area (Å²) in [6.07, 6.45) is 1.29. The molecule has 0 spiro atoms. The lowest BCUT2D eigenvalue weighted by atomic mass is 9.76. The van der Waals surface area contributed by atoms with Gasteiger partial charge < -0.3 is 10.2 Å². The highest BCUT2D eigenvalue weighted by atomic mass is 15.2. The van der Waals surface area contributed by atoms with Crippen LogP contribution in [0, 0.1) is 5.41 Å². The van der Waals surface area contributed by atoms with E-state index in [4.69, 9.17) is 0 Å². The van der Waals surface area contributed by atoms with Gasteiger partial charge in [-0.1, -0.05) is 20.8 Å². The number of likely N-dealkylation sites (tertiary alicyclic amines) is 1. The standard InChI is InChI=1S/C12H26N2/c1-11(2,3)12(4,5)13-10-7-8-14(6)9-10/h10,13H,7-9H2,1-6H3/t10-/m0/s1. The van der Waals surface area contributed by atoms with E-state index in [0.29, 0.717) is 11.5 Å². The van der Waals surface area contributed by atoms with Gasteiger partial charge in [0.25, 0.3) is 0 Å². The average molecular weight is 198 g/mol. The first-order valence-electron chi connectivity index (χ1n) is 5.68. The van der Waals surface area contributed by atoms with Gasteiger partial charge in [-0.05, 0) is 39.3 Å². The summed E-state index contributed by atoms with van der Waals surface area (Å²) in [4.78, 5) is 2.40. The number of nitrogens with one attached hydrogen (secondary N) is 1. The van der Waals surface area contributed by atoms with Crippen molar-refractivity contribution in [1.29, 1.82) is 0 Å². The first kappa shape index (κ1) is 12.0. The smallest absolute Gasteiger partial charge is 0.0212 e. The number of nitrogens with zero attached hydrogens (tertiary/aromatic N) is 1. The van der Waals surface area contributed by atoms with E-state index in [0.717, 1.165) is 0 Å². The summed E-state index contributed by atoms with van der Waals surface area (Å²) < 4.78 is 0. The van der Waals surface area contributed by atoms with Crippen molar-refractivity contribution >= 4 is 0 Å². The van der Waals surface area contributed by atoms with Gasteiger partial charge >= 0.3 is 0 Å². The highest BCUT2D eigenvalue weighted by Crippen LogP contribution is 2.30. The third-order valence-electron chi connectivity index (χ3n) is 3.83. The molecule has 84 valence electrons. The predicted octanol–water partition coefficient (Wildman–Crippen LogP) is 2.10. The van der Waals surface area contributed by atoms with E-state index in [9.17, 15) is 0 Å². The quantitative estimate of drug-likeness (QED) is 0.731. The minimum atomic E-state index is 0.211. The van der Waals surface area contributed by atoms with E-state index >= 15 is 0 Å². The van der Waals surface area contributed by atoms with Crippen molar-refractivity contribution in [3.8, 4) is 0 Å². The first-order chi connectivity index (χ1) is 6.22. The molecule has 1 saturated heterocycles. The molecule has 0 aliphatic carbocycles. The molecule has 0 aromatic carbocycles. The van der Waals surface area contributed by atoms with Crippen LogP contribution in [0.3, 0.4) is 0 Å². The Hall–Kier alpha value is -0.0800. The van der Waals surface area contributed by atoms with Crippen molar-refractivity contribution in [2.24, 2.45) is 5.41 Å². The maximum atomic E-state index is 3.78. The van der Waals surface area contributed by atoms with Crippen molar-refractivity contribution in [2.75, 3.05) is 20.1 Å². The summed E-state index contributed by atoms with van der Waals surface area (Å²) in [7, 11) is 2.20. The van der Waals surface area contributed by atoms with Gasteiger partial charge in [-0.25, -0.2) is 0 Å². The molecule has 1 N–H and O–H groups in total. The fourth-order valence-electron chi connectivity index (χ4n) is 1.78. The minimum absolute atomic E-state index is 0.211. The Labute approximate surface area is 89.1 Å². The Morgan fingerprint density at radius 1 is 1.14 bits per heavy atom. The van der Waals surface area contributed by atoms with Gasteiger partial charge in [-0.15, -0.1) is 0 Å². The zero-order valence-electron chi connectivity index (χ0n) is 10.6. The van der Waals surface area contributed by atoms with E-state index in [1.807, 2.05) is 0 Å². The Morgan fingerprint density at radius 3 is 2.07 bits per heavy atom. The topological polar surface area (TPSA) is 15.3 Å². The van der Waals surface area contributed by atoms with E-state index in [-0.39, 0.29) is 5.54 Å². The highest BCUT2D eigenvalue weighted by molar-refractivity contribution is 4.94. The number of likely N-dealkylation sites (N-methyl/N-ethyl adjacent to an activating group) is 1.